The second-order valence-corrected chi connectivity index (χ2v) is 4.16. The van der Waals surface area contributed by atoms with Crippen molar-refractivity contribution < 1.29 is 4.79 Å². The minimum Gasteiger partial charge on any atom is -0.275 e. The molecule has 0 atom stereocenters. The molecule has 2 amide bonds. The molecule has 0 aliphatic heterocycles. The third-order valence-electron chi connectivity index (χ3n) is 2.02. The molecule has 0 heterocycles. The van der Waals surface area contributed by atoms with Crippen LogP contribution < -0.4 is 22.5 Å². The average molecular weight is 243 g/mol. The molecular formula is C7H16Cl2N4O. The van der Waals surface area contributed by atoms with E-state index in [1.807, 2.05) is 0 Å². The molecule has 84 valence electrons. The van der Waals surface area contributed by atoms with Gasteiger partial charge in [0.2, 0.25) is 0 Å². The summed E-state index contributed by atoms with van der Waals surface area (Å²) >= 11 is 11.3. The van der Waals surface area contributed by atoms with Crippen molar-refractivity contribution >= 4 is 29.2 Å². The number of hydrazine groups is 2. The highest BCUT2D eigenvalue weighted by Gasteiger charge is 2.20. The zero-order chi connectivity index (χ0) is 11.0. The van der Waals surface area contributed by atoms with E-state index < -0.39 is 6.03 Å². The fourth-order valence-electron chi connectivity index (χ4n) is 1.25. The van der Waals surface area contributed by atoms with Crippen LogP contribution in [0.3, 0.4) is 0 Å². The number of nitrogens with two attached hydrogens (primary N) is 2. The highest BCUT2D eigenvalue weighted by molar-refractivity contribution is 6.44. The lowest BCUT2D eigenvalue weighted by Gasteiger charge is -2.06. The van der Waals surface area contributed by atoms with Gasteiger partial charge in [-0.25, -0.2) is 16.5 Å². The monoisotopic (exact) mass is 242 g/mol. The zero-order valence-electron chi connectivity index (χ0n) is 7.80. The molecular weight excluding hydrogens is 227 g/mol. The molecule has 0 saturated heterocycles. The molecule has 1 fully saturated rings. The van der Waals surface area contributed by atoms with Crippen LogP contribution in [0.4, 0.5) is 4.79 Å². The zero-order valence-corrected chi connectivity index (χ0v) is 9.31. The van der Waals surface area contributed by atoms with Crippen molar-refractivity contribution in [1.82, 2.24) is 10.9 Å². The van der Waals surface area contributed by atoms with Crippen LogP contribution >= 0.6 is 23.2 Å². The van der Waals surface area contributed by atoms with E-state index in [4.69, 9.17) is 23.2 Å². The van der Waals surface area contributed by atoms with Crippen molar-refractivity contribution in [3.63, 3.8) is 0 Å². The molecule has 1 aliphatic carbocycles. The Bertz CT molecular complexity index is 156. The molecule has 0 aromatic heterocycles. The molecule has 0 bridgehead atoms. The summed E-state index contributed by atoms with van der Waals surface area (Å²) in [4.78, 5) is 9.59. The molecule has 0 unspecified atom stereocenters. The van der Waals surface area contributed by atoms with Crippen LogP contribution in [0, 0.1) is 5.92 Å². The number of amides is 2. The van der Waals surface area contributed by atoms with Gasteiger partial charge in [-0.1, -0.05) is 12.8 Å². The van der Waals surface area contributed by atoms with Crippen molar-refractivity contribution in [3.05, 3.63) is 0 Å². The number of alkyl halides is 2. The van der Waals surface area contributed by atoms with Crippen LogP contribution in [-0.4, -0.2) is 10.9 Å². The highest BCUT2D eigenvalue weighted by Crippen LogP contribution is 2.31. The van der Waals surface area contributed by atoms with E-state index in [0.29, 0.717) is 5.92 Å². The van der Waals surface area contributed by atoms with Gasteiger partial charge in [0.05, 0.1) is 0 Å². The molecule has 0 aromatic rings. The van der Waals surface area contributed by atoms with Crippen molar-refractivity contribution in [3.8, 4) is 0 Å². The van der Waals surface area contributed by atoms with Crippen molar-refractivity contribution in [2.75, 3.05) is 0 Å². The Labute approximate surface area is 93.4 Å². The predicted molar refractivity (Wildman–Crippen MR) is 57.5 cm³/mol. The maximum Gasteiger partial charge on any atom is 0.343 e. The molecule has 1 aliphatic rings. The van der Waals surface area contributed by atoms with Gasteiger partial charge < -0.3 is 0 Å². The second-order valence-electron chi connectivity index (χ2n) is 3.00. The maximum atomic E-state index is 9.71. The Morgan fingerprint density at radius 2 is 1.64 bits per heavy atom. The van der Waals surface area contributed by atoms with Gasteiger partial charge in [-0.15, -0.1) is 23.2 Å². The average Bonchev–Trinajstić information content (AvgIpc) is 2.70. The number of hydrogen-bond acceptors (Lipinski definition) is 3. The van der Waals surface area contributed by atoms with Gasteiger partial charge in [0.15, 0.2) is 0 Å². The summed E-state index contributed by atoms with van der Waals surface area (Å²) in [5, 5.41) is 0. The van der Waals surface area contributed by atoms with Crippen LogP contribution in [0.15, 0.2) is 0 Å². The first-order valence-corrected chi connectivity index (χ1v) is 5.24. The predicted octanol–water partition coefficient (Wildman–Crippen LogP) is 1.01. The van der Waals surface area contributed by atoms with Crippen molar-refractivity contribution in [1.29, 1.82) is 0 Å². The van der Waals surface area contributed by atoms with Crippen molar-refractivity contribution in [2.24, 2.45) is 17.6 Å². The Hall–Kier alpha value is -0.230. The van der Waals surface area contributed by atoms with E-state index in [1.165, 1.54) is 25.7 Å². The first-order chi connectivity index (χ1) is 6.61. The molecule has 0 aromatic carbocycles. The number of rotatable bonds is 1. The number of urea groups is 1. The third-order valence-corrected chi connectivity index (χ3v) is 2.73. The van der Waals surface area contributed by atoms with Gasteiger partial charge in [-0.2, -0.15) is 0 Å². The van der Waals surface area contributed by atoms with Gasteiger partial charge in [-0.3, -0.25) is 10.9 Å². The number of hydrogen-bond donors (Lipinski definition) is 4. The van der Waals surface area contributed by atoms with Gasteiger partial charge >= 0.3 is 6.03 Å². The van der Waals surface area contributed by atoms with Crippen LogP contribution in [0.1, 0.15) is 25.7 Å². The molecule has 14 heavy (non-hydrogen) atoms. The fourth-order valence-corrected chi connectivity index (χ4v) is 1.75. The van der Waals surface area contributed by atoms with E-state index in [0.717, 1.165) is 0 Å². The van der Waals surface area contributed by atoms with E-state index in [2.05, 4.69) is 11.7 Å². The lowest BCUT2D eigenvalue weighted by molar-refractivity contribution is 0.241. The van der Waals surface area contributed by atoms with E-state index in [-0.39, 0.29) is 4.84 Å². The first-order valence-electron chi connectivity index (χ1n) is 4.37. The molecule has 1 saturated carbocycles. The summed E-state index contributed by atoms with van der Waals surface area (Å²) in [5.41, 5.74) is 3.48. The third kappa shape index (κ3) is 6.26. The molecule has 1 rings (SSSR count). The van der Waals surface area contributed by atoms with Crippen LogP contribution in [0.5, 0.6) is 0 Å². The highest BCUT2D eigenvalue weighted by atomic mass is 35.5. The normalized spacial score (nSPS) is 16.1. The van der Waals surface area contributed by atoms with Crippen LogP contribution in [0.25, 0.3) is 0 Å². The van der Waals surface area contributed by atoms with Gasteiger partial charge in [-0.05, 0) is 18.8 Å². The summed E-state index contributed by atoms with van der Waals surface area (Å²) in [7, 11) is 0. The van der Waals surface area contributed by atoms with Gasteiger partial charge in [0.25, 0.3) is 0 Å². The summed E-state index contributed by atoms with van der Waals surface area (Å²) in [5.74, 6) is 9.68. The Morgan fingerprint density at radius 3 is 1.79 bits per heavy atom. The quantitative estimate of drug-likeness (QED) is 0.239. The minimum atomic E-state index is -0.602. The summed E-state index contributed by atoms with van der Waals surface area (Å²) in [6, 6.07) is -0.602. The maximum absolute atomic E-state index is 9.71. The lowest BCUT2D eigenvalue weighted by atomic mass is 10.1. The largest absolute Gasteiger partial charge is 0.343 e. The number of carbonyl (C=O) groups excluding carboxylic acids is 1. The number of halogens is 2. The first kappa shape index (κ1) is 13.8. The van der Waals surface area contributed by atoms with Gasteiger partial charge in [0.1, 0.15) is 4.84 Å². The smallest absolute Gasteiger partial charge is 0.275 e. The van der Waals surface area contributed by atoms with E-state index in [9.17, 15) is 4.79 Å². The second kappa shape index (κ2) is 8.11. The Kier molecular flexibility index (Phi) is 7.98. The molecule has 5 nitrogen and oxygen atoms in total. The molecule has 6 N–H and O–H groups in total. The summed E-state index contributed by atoms with van der Waals surface area (Å²) in [6.07, 6.45) is 5.11. The van der Waals surface area contributed by atoms with Crippen LogP contribution in [0.2, 0.25) is 0 Å². The Balaban J connectivity index is 0.000000255. The van der Waals surface area contributed by atoms with Crippen molar-refractivity contribution in [2.45, 2.75) is 30.5 Å². The van der Waals surface area contributed by atoms with Crippen LogP contribution in [-0.2, 0) is 0 Å². The standard InChI is InChI=1S/C6H10Cl2.CH6N4O/c7-6(8)5-3-1-2-4-5;2-4-1(6)5-3/h5-6H,1-4H2;2-3H2,(H2,4,5,6). The topological polar surface area (TPSA) is 93.2 Å². The summed E-state index contributed by atoms with van der Waals surface area (Å²) < 4.78 is 0. The molecule has 7 heteroatoms. The van der Waals surface area contributed by atoms with Gasteiger partial charge in [0, 0.05) is 0 Å². The molecule has 0 radical (unpaired) electrons. The number of carbonyl (C=O) groups is 1. The fraction of sp³-hybridized carbons (Fsp3) is 0.857. The minimum absolute atomic E-state index is 0.113. The van der Waals surface area contributed by atoms with E-state index >= 15 is 0 Å². The van der Waals surface area contributed by atoms with E-state index in [1.54, 1.807) is 10.9 Å². The molecule has 0 spiro atoms. The summed E-state index contributed by atoms with van der Waals surface area (Å²) in [6.45, 7) is 0. The lowest BCUT2D eigenvalue weighted by Crippen LogP contribution is -2.43. The SMILES string of the molecule is ClC(Cl)C1CCCC1.NNC(=O)NN. The Morgan fingerprint density at radius 1 is 1.21 bits per heavy atom. The number of nitrogens with one attached hydrogen (secondary N) is 2.